The summed E-state index contributed by atoms with van der Waals surface area (Å²) in [5.41, 5.74) is -0.405. The van der Waals surface area contributed by atoms with Crippen LogP contribution in [-0.2, 0) is 14.3 Å². The zero-order chi connectivity index (χ0) is 13.4. The predicted molar refractivity (Wildman–Crippen MR) is 70.6 cm³/mol. The minimum atomic E-state index is -0.405. The quantitative estimate of drug-likeness (QED) is 0.560. The highest BCUT2D eigenvalue weighted by molar-refractivity contribution is 5.69. The first kappa shape index (κ1) is 15.4. The third-order valence-corrected chi connectivity index (χ3v) is 2.63. The van der Waals surface area contributed by atoms with Crippen LogP contribution in [0.25, 0.3) is 0 Å². The highest BCUT2D eigenvalue weighted by Crippen LogP contribution is 2.08. The molecule has 0 amide bonds. The molecule has 0 aromatic carbocycles. The molecule has 0 atom stereocenters. The van der Waals surface area contributed by atoms with Gasteiger partial charge in [-0.05, 0) is 20.8 Å². The minimum Gasteiger partial charge on any atom is -0.460 e. The van der Waals surface area contributed by atoms with Crippen LogP contribution in [-0.4, -0.2) is 62.4 Å². The second-order valence-corrected chi connectivity index (χ2v) is 5.54. The number of nitrogens with zero attached hydrogens (tertiary/aromatic N) is 1. The van der Waals surface area contributed by atoms with Gasteiger partial charge in [0.05, 0.1) is 19.6 Å². The average Bonchev–Trinajstić information content (AvgIpc) is 2.27. The van der Waals surface area contributed by atoms with E-state index in [4.69, 9.17) is 9.47 Å². The number of carbonyl (C=O) groups is 1. The Bertz CT molecular complexity index is 245. The number of hydrogen-bond acceptors (Lipinski definition) is 5. The van der Waals surface area contributed by atoms with Crippen molar-refractivity contribution in [2.45, 2.75) is 32.8 Å². The van der Waals surface area contributed by atoms with Crippen LogP contribution in [0.3, 0.4) is 0 Å². The van der Waals surface area contributed by atoms with Crippen LogP contribution in [0, 0.1) is 0 Å². The molecular formula is C13H26N2O3. The summed E-state index contributed by atoms with van der Waals surface area (Å²) in [6.45, 7) is 11.9. The Labute approximate surface area is 110 Å². The SMILES string of the molecule is CC(C)(C)OC(=O)CCOCCN1CCNCC1. The first-order chi connectivity index (χ1) is 8.47. The third-order valence-electron chi connectivity index (χ3n) is 2.63. The average molecular weight is 258 g/mol. The number of ether oxygens (including phenoxy) is 2. The summed E-state index contributed by atoms with van der Waals surface area (Å²) in [5, 5.41) is 3.31. The Kier molecular flexibility index (Phi) is 6.60. The molecule has 1 heterocycles. The second-order valence-electron chi connectivity index (χ2n) is 5.54. The van der Waals surface area contributed by atoms with Gasteiger partial charge in [-0.3, -0.25) is 9.69 Å². The summed E-state index contributed by atoms with van der Waals surface area (Å²) in [6.07, 6.45) is 0.332. The summed E-state index contributed by atoms with van der Waals surface area (Å²) in [4.78, 5) is 13.8. The number of nitrogens with one attached hydrogen (secondary N) is 1. The van der Waals surface area contributed by atoms with Gasteiger partial charge >= 0.3 is 5.97 Å². The fourth-order valence-corrected chi connectivity index (χ4v) is 1.78. The lowest BCUT2D eigenvalue weighted by atomic mass is 10.2. The summed E-state index contributed by atoms with van der Waals surface area (Å²) < 4.78 is 10.7. The van der Waals surface area contributed by atoms with Crippen LogP contribution in [0.5, 0.6) is 0 Å². The maximum atomic E-state index is 11.4. The molecule has 0 bridgehead atoms. The summed E-state index contributed by atoms with van der Waals surface area (Å²) >= 11 is 0. The van der Waals surface area contributed by atoms with Gasteiger partial charge in [-0.15, -0.1) is 0 Å². The van der Waals surface area contributed by atoms with Crippen LogP contribution in [0.4, 0.5) is 0 Å². The molecule has 5 nitrogen and oxygen atoms in total. The van der Waals surface area contributed by atoms with Crippen LogP contribution >= 0.6 is 0 Å². The lowest BCUT2D eigenvalue weighted by Gasteiger charge is -2.26. The number of piperazine rings is 1. The molecule has 106 valence electrons. The van der Waals surface area contributed by atoms with Crippen molar-refractivity contribution in [1.82, 2.24) is 10.2 Å². The monoisotopic (exact) mass is 258 g/mol. The van der Waals surface area contributed by atoms with E-state index >= 15 is 0 Å². The van der Waals surface area contributed by atoms with Crippen LogP contribution in [0.1, 0.15) is 27.2 Å². The van der Waals surface area contributed by atoms with E-state index in [1.54, 1.807) is 0 Å². The molecule has 0 saturated carbocycles. The number of hydrogen-bond donors (Lipinski definition) is 1. The van der Waals surface area contributed by atoms with Gasteiger partial charge in [0.1, 0.15) is 5.60 Å². The third kappa shape index (κ3) is 7.63. The maximum absolute atomic E-state index is 11.4. The van der Waals surface area contributed by atoms with Gasteiger partial charge in [0.25, 0.3) is 0 Å². The zero-order valence-corrected chi connectivity index (χ0v) is 11.8. The largest absolute Gasteiger partial charge is 0.460 e. The summed E-state index contributed by atoms with van der Waals surface area (Å²) in [6, 6.07) is 0. The first-order valence-corrected chi connectivity index (χ1v) is 6.70. The first-order valence-electron chi connectivity index (χ1n) is 6.70. The predicted octanol–water partition coefficient (Wildman–Crippen LogP) is 0.640. The topological polar surface area (TPSA) is 50.8 Å². The normalized spacial score (nSPS) is 17.7. The van der Waals surface area contributed by atoms with Crippen molar-refractivity contribution in [3.63, 3.8) is 0 Å². The molecule has 0 aromatic heterocycles. The van der Waals surface area contributed by atoms with E-state index < -0.39 is 5.60 Å². The van der Waals surface area contributed by atoms with E-state index in [-0.39, 0.29) is 5.97 Å². The zero-order valence-electron chi connectivity index (χ0n) is 11.8. The smallest absolute Gasteiger partial charge is 0.308 e. The standard InChI is InChI=1S/C13H26N2O3/c1-13(2,3)18-12(16)4-10-17-11-9-15-7-5-14-6-8-15/h14H,4-11H2,1-3H3. The molecule has 5 heteroatoms. The van der Waals surface area contributed by atoms with Crippen molar-refractivity contribution < 1.29 is 14.3 Å². The van der Waals surface area contributed by atoms with Gasteiger partial charge < -0.3 is 14.8 Å². The van der Waals surface area contributed by atoms with E-state index in [0.29, 0.717) is 19.6 Å². The van der Waals surface area contributed by atoms with Gasteiger partial charge in [0.15, 0.2) is 0 Å². The Balaban J connectivity index is 1.96. The van der Waals surface area contributed by atoms with Crippen LogP contribution in [0.15, 0.2) is 0 Å². The van der Waals surface area contributed by atoms with Crippen molar-refractivity contribution in [1.29, 1.82) is 0 Å². The van der Waals surface area contributed by atoms with Crippen LogP contribution < -0.4 is 5.32 Å². The van der Waals surface area contributed by atoms with E-state index in [0.717, 1.165) is 32.7 Å². The Morgan fingerprint density at radius 2 is 1.89 bits per heavy atom. The van der Waals surface area contributed by atoms with Gasteiger partial charge in [-0.1, -0.05) is 0 Å². The molecule has 1 N–H and O–H groups in total. The fraction of sp³-hybridized carbons (Fsp3) is 0.923. The fourth-order valence-electron chi connectivity index (χ4n) is 1.78. The Hall–Kier alpha value is -0.650. The molecule has 0 radical (unpaired) electrons. The van der Waals surface area contributed by atoms with Gasteiger partial charge in [0.2, 0.25) is 0 Å². The second kappa shape index (κ2) is 7.71. The number of carbonyl (C=O) groups excluding carboxylic acids is 1. The highest BCUT2D eigenvalue weighted by atomic mass is 16.6. The number of rotatable bonds is 6. The summed E-state index contributed by atoms with van der Waals surface area (Å²) in [7, 11) is 0. The molecule has 1 rings (SSSR count). The molecular weight excluding hydrogens is 232 g/mol. The molecule has 0 spiro atoms. The van der Waals surface area contributed by atoms with E-state index in [1.807, 2.05) is 20.8 Å². The molecule has 1 fully saturated rings. The lowest BCUT2D eigenvalue weighted by Crippen LogP contribution is -2.44. The molecule has 1 aliphatic rings. The van der Waals surface area contributed by atoms with E-state index in [2.05, 4.69) is 10.2 Å². The van der Waals surface area contributed by atoms with Crippen molar-refractivity contribution in [2.24, 2.45) is 0 Å². The molecule has 0 aliphatic carbocycles. The highest BCUT2D eigenvalue weighted by Gasteiger charge is 2.15. The summed E-state index contributed by atoms with van der Waals surface area (Å²) in [5.74, 6) is -0.190. The van der Waals surface area contributed by atoms with Gasteiger partial charge in [-0.2, -0.15) is 0 Å². The molecule has 0 unspecified atom stereocenters. The minimum absolute atomic E-state index is 0.190. The molecule has 1 aliphatic heterocycles. The van der Waals surface area contributed by atoms with Gasteiger partial charge in [-0.25, -0.2) is 0 Å². The van der Waals surface area contributed by atoms with Crippen molar-refractivity contribution in [3.8, 4) is 0 Å². The van der Waals surface area contributed by atoms with Crippen LogP contribution in [0.2, 0.25) is 0 Å². The van der Waals surface area contributed by atoms with Crippen molar-refractivity contribution in [3.05, 3.63) is 0 Å². The van der Waals surface area contributed by atoms with E-state index in [1.165, 1.54) is 0 Å². The lowest BCUT2D eigenvalue weighted by molar-refractivity contribution is -0.156. The molecule has 0 aromatic rings. The van der Waals surface area contributed by atoms with E-state index in [9.17, 15) is 4.79 Å². The molecule has 1 saturated heterocycles. The molecule has 18 heavy (non-hydrogen) atoms. The van der Waals surface area contributed by atoms with Gasteiger partial charge in [0, 0.05) is 32.7 Å². The van der Waals surface area contributed by atoms with Crippen molar-refractivity contribution >= 4 is 5.97 Å². The Morgan fingerprint density at radius 1 is 1.22 bits per heavy atom. The maximum Gasteiger partial charge on any atom is 0.308 e. The van der Waals surface area contributed by atoms with Crippen molar-refractivity contribution in [2.75, 3.05) is 45.9 Å². The Morgan fingerprint density at radius 3 is 2.50 bits per heavy atom. The number of esters is 1.